The fourth-order valence-electron chi connectivity index (χ4n) is 2.48. The highest BCUT2D eigenvalue weighted by molar-refractivity contribution is 6.64. The molecular weight excluding hydrogens is 282 g/mol. The molecule has 2 aromatic carbocycles. The van der Waals surface area contributed by atoms with Crippen molar-refractivity contribution in [3.63, 3.8) is 0 Å². The third-order valence-electron chi connectivity index (χ3n) is 3.65. The van der Waals surface area contributed by atoms with E-state index in [0.717, 1.165) is 17.5 Å². The van der Waals surface area contributed by atoms with Gasteiger partial charge in [-0.05, 0) is 35.6 Å². The lowest BCUT2D eigenvalue weighted by Crippen LogP contribution is -2.32. The molecule has 0 amide bonds. The zero-order chi connectivity index (χ0) is 15.2. The van der Waals surface area contributed by atoms with Crippen LogP contribution in [0.5, 0.6) is 0 Å². The van der Waals surface area contributed by atoms with E-state index in [9.17, 15) is 10.0 Å². The van der Waals surface area contributed by atoms with E-state index in [1.54, 1.807) is 6.07 Å². The summed E-state index contributed by atoms with van der Waals surface area (Å²) in [6, 6.07) is 13.6. The summed E-state index contributed by atoms with van der Waals surface area (Å²) in [6.07, 6.45) is 4.75. The number of hydrogen-bond donors (Lipinski definition) is 2. The van der Waals surface area contributed by atoms with Gasteiger partial charge in [-0.3, -0.25) is 0 Å². The molecule has 0 heterocycles. The van der Waals surface area contributed by atoms with E-state index >= 15 is 0 Å². The van der Waals surface area contributed by atoms with Gasteiger partial charge in [0.05, 0.1) is 0 Å². The molecule has 2 rings (SSSR count). The second-order valence-corrected chi connectivity index (χ2v) is 5.64. The molecule has 0 fully saturated rings. The average Bonchev–Trinajstić information content (AvgIpc) is 2.47. The molecule has 2 aromatic rings. The predicted octanol–water partition coefficient (Wildman–Crippen LogP) is 3.42. The fraction of sp³-hybridized carbons (Fsp3) is 0.294. The molecule has 0 saturated carbocycles. The summed E-state index contributed by atoms with van der Waals surface area (Å²) >= 11 is 6.07. The zero-order valence-electron chi connectivity index (χ0n) is 12.2. The Bertz CT molecular complexity index is 582. The van der Waals surface area contributed by atoms with Crippen molar-refractivity contribution in [2.24, 2.45) is 0 Å². The lowest BCUT2D eigenvalue weighted by atomic mass is 9.75. The first-order chi connectivity index (χ1) is 10.1. The topological polar surface area (TPSA) is 40.5 Å². The van der Waals surface area contributed by atoms with Crippen molar-refractivity contribution in [2.75, 3.05) is 0 Å². The summed E-state index contributed by atoms with van der Waals surface area (Å²) in [4.78, 5) is 0. The largest absolute Gasteiger partial charge is 0.490 e. The first-order valence-electron chi connectivity index (χ1n) is 7.37. The van der Waals surface area contributed by atoms with Crippen LogP contribution in [-0.4, -0.2) is 17.2 Å². The van der Waals surface area contributed by atoms with Gasteiger partial charge in [0.2, 0.25) is 0 Å². The summed E-state index contributed by atoms with van der Waals surface area (Å²) in [5.74, 6) is 0. The van der Waals surface area contributed by atoms with E-state index in [0.29, 0.717) is 10.5 Å². The van der Waals surface area contributed by atoms with Gasteiger partial charge < -0.3 is 10.0 Å². The quantitative estimate of drug-likeness (QED) is 0.634. The molecule has 0 bridgehead atoms. The number of aryl methyl sites for hydroxylation is 1. The second kappa shape index (κ2) is 7.65. The van der Waals surface area contributed by atoms with Crippen molar-refractivity contribution in [1.82, 2.24) is 0 Å². The van der Waals surface area contributed by atoms with E-state index in [2.05, 4.69) is 19.1 Å². The lowest BCUT2D eigenvalue weighted by Gasteiger charge is -2.11. The first-order valence-corrected chi connectivity index (χ1v) is 7.75. The van der Waals surface area contributed by atoms with Crippen molar-refractivity contribution in [3.05, 3.63) is 53.1 Å². The summed E-state index contributed by atoms with van der Waals surface area (Å²) in [7, 11) is -1.57. The van der Waals surface area contributed by atoms with Crippen molar-refractivity contribution in [1.29, 1.82) is 0 Å². The summed E-state index contributed by atoms with van der Waals surface area (Å²) in [6.45, 7) is 2.20. The van der Waals surface area contributed by atoms with Crippen molar-refractivity contribution >= 4 is 24.2 Å². The van der Waals surface area contributed by atoms with E-state index < -0.39 is 7.12 Å². The molecule has 0 aliphatic carbocycles. The molecule has 2 N–H and O–H groups in total. The van der Waals surface area contributed by atoms with Gasteiger partial charge in [0.1, 0.15) is 0 Å². The first kappa shape index (κ1) is 16.1. The Morgan fingerprint density at radius 1 is 1.00 bits per heavy atom. The van der Waals surface area contributed by atoms with Gasteiger partial charge in [-0.15, -0.1) is 0 Å². The number of benzene rings is 2. The second-order valence-electron chi connectivity index (χ2n) is 5.23. The van der Waals surface area contributed by atoms with Crippen LogP contribution in [0.2, 0.25) is 5.02 Å². The molecule has 0 aliphatic rings. The molecule has 0 aromatic heterocycles. The van der Waals surface area contributed by atoms with Crippen LogP contribution in [0.25, 0.3) is 11.1 Å². The highest BCUT2D eigenvalue weighted by Crippen LogP contribution is 2.22. The Hall–Kier alpha value is -1.29. The van der Waals surface area contributed by atoms with Gasteiger partial charge in [0.25, 0.3) is 0 Å². The summed E-state index contributed by atoms with van der Waals surface area (Å²) in [5.41, 5.74) is 3.37. The van der Waals surface area contributed by atoms with Gasteiger partial charge in [-0.25, -0.2) is 0 Å². The molecule has 4 heteroatoms. The molecule has 21 heavy (non-hydrogen) atoms. The normalized spacial score (nSPS) is 10.7. The molecule has 0 unspecified atom stereocenters. The SMILES string of the molecule is CCCCCc1ccc(-c2cccc(Cl)c2B(O)O)cc1. The van der Waals surface area contributed by atoms with Crippen LogP contribution in [0, 0.1) is 0 Å². The smallest absolute Gasteiger partial charge is 0.423 e. The fourth-order valence-corrected chi connectivity index (χ4v) is 2.75. The minimum atomic E-state index is -1.57. The van der Waals surface area contributed by atoms with Gasteiger partial charge in [0, 0.05) is 10.5 Å². The minimum Gasteiger partial charge on any atom is -0.423 e. The van der Waals surface area contributed by atoms with E-state index in [1.165, 1.54) is 24.8 Å². The highest BCUT2D eigenvalue weighted by atomic mass is 35.5. The van der Waals surface area contributed by atoms with E-state index in [1.807, 2.05) is 24.3 Å². The van der Waals surface area contributed by atoms with Gasteiger partial charge >= 0.3 is 7.12 Å². The van der Waals surface area contributed by atoms with Gasteiger partial charge in [0.15, 0.2) is 0 Å². The predicted molar refractivity (Wildman–Crippen MR) is 89.9 cm³/mol. The molecule has 110 valence electrons. The zero-order valence-corrected chi connectivity index (χ0v) is 13.0. The van der Waals surface area contributed by atoms with Gasteiger partial charge in [-0.1, -0.05) is 67.8 Å². The van der Waals surface area contributed by atoms with Gasteiger partial charge in [-0.2, -0.15) is 0 Å². The van der Waals surface area contributed by atoms with E-state index in [4.69, 9.17) is 11.6 Å². The molecule has 0 saturated heterocycles. The Labute approximate surface area is 131 Å². The highest BCUT2D eigenvalue weighted by Gasteiger charge is 2.20. The maximum Gasteiger partial charge on any atom is 0.490 e. The molecule has 2 nitrogen and oxygen atoms in total. The maximum absolute atomic E-state index is 9.52. The standard InChI is InChI=1S/C17H20BClO2/c1-2-3-4-6-13-9-11-14(12-10-13)15-7-5-8-16(19)17(15)18(20)21/h5,7-12,20-21H,2-4,6H2,1H3. The van der Waals surface area contributed by atoms with Crippen LogP contribution in [-0.2, 0) is 6.42 Å². The van der Waals surface area contributed by atoms with E-state index in [-0.39, 0.29) is 0 Å². The molecule has 0 atom stereocenters. The average molecular weight is 303 g/mol. The number of hydrogen-bond acceptors (Lipinski definition) is 2. The van der Waals surface area contributed by atoms with Crippen LogP contribution >= 0.6 is 11.6 Å². The lowest BCUT2D eigenvalue weighted by molar-refractivity contribution is 0.426. The van der Waals surface area contributed by atoms with Crippen LogP contribution in [0.1, 0.15) is 31.7 Å². The molecule has 0 radical (unpaired) electrons. The maximum atomic E-state index is 9.52. The summed E-state index contributed by atoms with van der Waals surface area (Å²) in [5, 5.41) is 19.4. The Balaban J connectivity index is 2.25. The third kappa shape index (κ3) is 4.10. The van der Waals surface area contributed by atoms with Crippen LogP contribution < -0.4 is 5.46 Å². The number of rotatable bonds is 6. The summed E-state index contributed by atoms with van der Waals surface area (Å²) < 4.78 is 0. The Morgan fingerprint density at radius 2 is 1.71 bits per heavy atom. The van der Waals surface area contributed by atoms with Crippen molar-refractivity contribution < 1.29 is 10.0 Å². The monoisotopic (exact) mass is 302 g/mol. The Morgan fingerprint density at radius 3 is 2.33 bits per heavy atom. The number of unbranched alkanes of at least 4 members (excludes halogenated alkanes) is 2. The molecule has 0 spiro atoms. The van der Waals surface area contributed by atoms with Crippen LogP contribution in [0.4, 0.5) is 0 Å². The molecule has 0 aliphatic heterocycles. The minimum absolute atomic E-state index is 0.359. The Kier molecular flexibility index (Phi) is 5.86. The van der Waals surface area contributed by atoms with Crippen molar-refractivity contribution in [3.8, 4) is 11.1 Å². The van der Waals surface area contributed by atoms with Crippen LogP contribution in [0.3, 0.4) is 0 Å². The van der Waals surface area contributed by atoms with Crippen LogP contribution in [0.15, 0.2) is 42.5 Å². The van der Waals surface area contributed by atoms with Crippen molar-refractivity contribution in [2.45, 2.75) is 32.6 Å². The number of halogens is 1. The third-order valence-corrected chi connectivity index (χ3v) is 3.97. The molecular formula is C17H20BClO2.